The van der Waals surface area contributed by atoms with Gasteiger partial charge in [0.1, 0.15) is 17.3 Å². The fourth-order valence-electron chi connectivity index (χ4n) is 1.93. The summed E-state index contributed by atoms with van der Waals surface area (Å²) in [4.78, 5) is 4.43. The molecule has 2 N–H and O–H groups in total. The highest BCUT2D eigenvalue weighted by Crippen LogP contribution is 2.34. The predicted octanol–water partition coefficient (Wildman–Crippen LogP) is 4.14. The Morgan fingerprint density at radius 1 is 1.32 bits per heavy atom. The average molecular weight is 341 g/mol. The molecule has 0 radical (unpaired) electrons. The van der Waals surface area contributed by atoms with Crippen LogP contribution in [0.3, 0.4) is 0 Å². The number of rotatable bonds is 1. The third kappa shape index (κ3) is 1.99. The first-order chi connectivity index (χ1) is 9.08. The Morgan fingerprint density at radius 2 is 2.11 bits per heavy atom. The van der Waals surface area contributed by atoms with Crippen LogP contribution in [0, 0.1) is 5.82 Å². The van der Waals surface area contributed by atoms with Gasteiger partial charge in [0.15, 0.2) is 5.65 Å². The van der Waals surface area contributed by atoms with E-state index in [1.165, 1.54) is 12.1 Å². The standard InChI is InChI=1S/C13H8BrClFN3/c14-9-6-7(16)3-4-8(9)11-12(17)19-5-1-2-10(15)13(19)18-11/h1-6H,17H2. The van der Waals surface area contributed by atoms with E-state index in [0.717, 1.165) is 5.56 Å². The van der Waals surface area contributed by atoms with Gasteiger partial charge in [0, 0.05) is 16.2 Å². The molecule has 0 saturated heterocycles. The molecule has 0 saturated carbocycles. The normalized spacial score (nSPS) is 11.1. The second-order valence-electron chi connectivity index (χ2n) is 4.02. The lowest BCUT2D eigenvalue weighted by molar-refractivity contribution is 0.627. The van der Waals surface area contributed by atoms with Gasteiger partial charge in [-0.1, -0.05) is 11.6 Å². The third-order valence-electron chi connectivity index (χ3n) is 2.83. The van der Waals surface area contributed by atoms with Crippen LogP contribution < -0.4 is 5.73 Å². The summed E-state index contributed by atoms with van der Waals surface area (Å²) in [5.41, 5.74) is 7.94. The maximum absolute atomic E-state index is 13.1. The van der Waals surface area contributed by atoms with Crippen LogP contribution in [0.15, 0.2) is 41.0 Å². The molecule has 0 aliphatic rings. The Kier molecular flexibility index (Phi) is 2.95. The van der Waals surface area contributed by atoms with Gasteiger partial charge in [-0.3, -0.25) is 4.40 Å². The summed E-state index contributed by atoms with van der Waals surface area (Å²) in [5, 5.41) is 0.513. The monoisotopic (exact) mass is 339 g/mol. The van der Waals surface area contributed by atoms with Crippen LogP contribution in [-0.4, -0.2) is 9.38 Å². The number of imidazole rings is 1. The second kappa shape index (κ2) is 4.51. The first-order valence-electron chi connectivity index (χ1n) is 5.45. The van der Waals surface area contributed by atoms with Crippen molar-refractivity contribution in [3.05, 3.63) is 51.8 Å². The molecule has 6 heteroatoms. The van der Waals surface area contributed by atoms with Crippen LogP contribution in [0.25, 0.3) is 16.9 Å². The zero-order valence-corrected chi connectivity index (χ0v) is 11.9. The van der Waals surface area contributed by atoms with E-state index in [-0.39, 0.29) is 5.82 Å². The topological polar surface area (TPSA) is 43.3 Å². The number of pyridine rings is 1. The summed E-state index contributed by atoms with van der Waals surface area (Å²) in [6, 6.07) is 7.90. The molecule has 0 amide bonds. The molecule has 2 heterocycles. The molecule has 0 aliphatic heterocycles. The number of nitrogens with zero attached hydrogens (tertiary/aromatic N) is 2. The molecule has 96 valence electrons. The van der Waals surface area contributed by atoms with Gasteiger partial charge >= 0.3 is 0 Å². The number of aromatic nitrogens is 2. The van der Waals surface area contributed by atoms with Crippen molar-refractivity contribution in [1.82, 2.24) is 9.38 Å². The number of anilines is 1. The highest BCUT2D eigenvalue weighted by Gasteiger charge is 2.15. The van der Waals surface area contributed by atoms with E-state index >= 15 is 0 Å². The molecule has 0 aliphatic carbocycles. The number of nitrogen functional groups attached to an aromatic ring is 1. The minimum absolute atomic E-state index is 0.323. The van der Waals surface area contributed by atoms with Gasteiger partial charge in [-0.05, 0) is 46.3 Å². The van der Waals surface area contributed by atoms with E-state index in [9.17, 15) is 4.39 Å². The van der Waals surface area contributed by atoms with Gasteiger partial charge in [0.25, 0.3) is 0 Å². The largest absolute Gasteiger partial charge is 0.383 e. The number of hydrogen-bond donors (Lipinski definition) is 1. The van der Waals surface area contributed by atoms with Crippen molar-refractivity contribution < 1.29 is 4.39 Å². The van der Waals surface area contributed by atoms with Crippen molar-refractivity contribution in [3.8, 4) is 11.3 Å². The van der Waals surface area contributed by atoms with Gasteiger partial charge in [-0.15, -0.1) is 0 Å². The molecule has 3 rings (SSSR count). The lowest BCUT2D eigenvalue weighted by Gasteiger charge is -2.02. The van der Waals surface area contributed by atoms with E-state index in [2.05, 4.69) is 20.9 Å². The highest BCUT2D eigenvalue weighted by molar-refractivity contribution is 9.10. The smallest absolute Gasteiger partial charge is 0.157 e. The quantitative estimate of drug-likeness (QED) is 0.723. The van der Waals surface area contributed by atoms with Crippen molar-refractivity contribution in [1.29, 1.82) is 0 Å². The zero-order chi connectivity index (χ0) is 13.6. The first kappa shape index (κ1) is 12.4. The molecule has 2 aromatic heterocycles. The lowest BCUT2D eigenvalue weighted by atomic mass is 10.1. The number of nitrogens with two attached hydrogens (primary N) is 1. The van der Waals surface area contributed by atoms with Crippen molar-refractivity contribution in [2.75, 3.05) is 5.73 Å². The summed E-state index contributed by atoms with van der Waals surface area (Å²) in [6.45, 7) is 0. The SMILES string of the molecule is Nc1c(-c2ccc(F)cc2Br)nc2c(Cl)cccn12. The van der Waals surface area contributed by atoms with Crippen LogP contribution in [-0.2, 0) is 0 Å². The predicted molar refractivity (Wildman–Crippen MR) is 77.7 cm³/mol. The maximum atomic E-state index is 13.1. The number of fused-ring (bicyclic) bond motifs is 1. The highest BCUT2D eigenvalue weighted by atomic mass is 79.9. The summed E-state index contributed by atoms with van der Waals surface area (Å²) >= 11 is 9.40. The molecule has 3 aromatic rings. The molecule has 0 bridgehead atoms. The van der Waals surface area contributed by atoms with E-state index in [0.29, 0.717) is 26.7 Å². The van der Waals surface area contributed by atoms with Gasteiger partial charge in [-0.25, -0.2) is 9.37 Å². The van der Waals surface area contributed by atoms with E-state index in [1.54, 1.807) is 28.8 Å². The van der Waals surface area contributed by atoms with Crippen LogP contribution in [0.1, 0.15) is 0 Å². The Bertz CT molecular complexity index is 785. The Balaban J connectivity index is 2.31. The Morgan fingerprint density at radius 3 is 2.79 bits per heavy atom. The van der Waals surface area contributed by atoms with Crippen LogP contribution in [0.5, 0.6) is 0 Å². The fraction of sp³-hybridized carbons (Fsp3) is 0. The van der Waals surface area contributed by atoms with Crippen molar-refractivity contribution >= 4 is 39.0 Å². The van der Waals surface area contributed by atoms with E-state index in [4.69, 9.17) is 17.3 Å². The molecular formula is C13H8BrClFN3. The Labute approximate surface area is 122 Å². The number of benzene rings is 1. The summed E-state index contributed by atoms with van der Waals surface area (Å²) < 4.78 is 15.4. The number of hydrogen-bond acceptors (Lipinski definition) is 2. The molecule has 0 atom stereocenters. The Hall–Kier alpha value is -1.59. The van der Waals surface area contributed by atoms with Crippen LogP contribution in [0.4, 0.5) is 10.2 Å². The molecule has 0 spiro atoms. The fourth-order valence-corrected chi connectivity index (χ4v) is 2.68. The van der Waals surface area contributed by atoms with Gasteiger partial charge in [0.05, 0.1) is 5.02 Å². The van der Waals surface area contributed by atoms with Crippen LogP contribution in [0.2, 0.25) is 5.02 Å². The van der Waals surface area contributed by atoms with Gasteiger partial charge < -0.3 is 5.73 Å². The minimum Gasteiger partial charge on any atom is -0.383 e. The van der Waals surface area contributed by atoms with Gasteiger partial charge in [0.2, 0.25) is 0 Å². The molecule has 19 heavy (non-hydrogen) atoms. The second-order valence-corrected chi connectivity index (χ2v) is 5.28. The summed E-state index contributed by atoms with van der Waals surface area (Å²) in [6.07, 6.45) is 1.78. The van der Waals surface area contributed by atoms with Crippen molar-refractivity contribution in [2.24, 2.45) is 0 Å². The first-order valence-corrected chi connectivity index (χ1v) is 6.62. The zero-order valence-electron chi connectivity index (χ0n) is 9.57. The summed E-state index contributed by atoms with van der Waals surface area (Å²) in [7, 11) is 0. The summed E-state index contributed by atoms with van der Waals surface area (Å²) in [5.74, 6) is 0.140. The molecular weight excluding hydrogens is 333 g/mol. The molecule has 0 fully saturated rings. The molecule has 1 aromatic carbocycles. The van der Waals surface area contributed by atoms with Crippen molar-refractivity contribution in [3.63, 3.8) is 0 Å². The average Bonchev–Trinajstić information content (AvgIpc) is 2.69. The third-order valence-corrected chi connectivity index (χ3v) is 3.78. The minimum atomic E-state index is -0.323. The maximum Gasteiger partial charge on any atom is 0.157 e. The van der Waals surface area contributed by atoms with E-state index in [1.807, 2.05) is 0 Å². The van der Waals surface area contributed by atoms with Crippen LogP contribution >= 0.6 is 27.5 Å². The lowest BCUT2D eigenvalue weighted by Crippen LogP contribution is -1.94. The van der Waals surface area contributed by atoms with Crippen molar-refractivity contribution in [2.45, 2.75) is 0 Å². The van der Waals surface area contributed by atoms with Gasteiger partial charge in [-0.2, -0.15) is 0 Å². The molecule has 0 unspecified atom stereocenters. The molecule has 3 nitrogen and oxygen atoms in total. The van der Waals surface area contributed by atoms with E-state index < -0.39 is 0 Å². The number of halogens is 3.